The number of hydrogen-bond acceptors (Lipinski definition) is 5. The normalized spacial score (nSPS) is 21.1. The monoisotopic (exact) mass is 314 g/mol. The third-order valence-electron chi connectivity index (χ3n) is 4.81. The second-order valence-corrected chi connectivity index (χ2v) is 6.49. The van der Waals surface area contributed by atoms with Crippen molar-refractivity contribution >= 4 is 22.9 Å². The molecule has 0 aromatic carbocycles. The minimum Gasteiger partial charge on any atom is -0.364 e. The van der Waals surface area contributed by atoms with Gasteiger partial charge in [-0.15, -0.1) is 0 Å². The van der Waals surface area contributed by atoms with Gasteiger partial charge in [0.2, 0.25) is 5.91 Å². The van der Waals surface area contributed by atoms with Crippen molar-refractivity contribution < 1.29 is 4.79 Å². The zero-order valence-electron chi connectivity index (χ0n) is 13.6. The van der Waals surface area contributed by atoms with Gasteiger partial charge in [-0.05, 0) is 33.1 Å². The summed E-state index contributed by atoms with van der Waals surface area (Å²) in [5.74, 6) is 2.34. The maximum atomic E-state index is 12.2. The number of nitrogens with one attached hydrogen (secondary N) is 1. The number of hydrogen-bond donors (Lipinski definition) is 1. The molecule has 1 aliphatic carbocycles. The molecule has 122 valence electrons. The third-order valence-corrected chi connectivity index (χ3v) is 4.81. The molecule has 1 saturated heterocycles. The van der Waals surface area contributed by atoms with Gasteiger partial charge in [0, 0.05) is 31.6 Å². The predicted octanol–water partition coefficient (Wildman–Crippen LogP) is 1.58. The van der Waals surface area contributed by atoms with Gasteiger partial charge in [0.1, 0.15) is 12.2 Å². The molecule has 1 amide bonds. The Morgan fingerprint density at radius 1 is 1.35 bits per heavy atom. The van der Waals surface area contributed by atoms with Crippen molar-refractivity contribution in [3.63, 3.8) is 0 Å². The van der Waals surface area contributed by atoms with Crippen molar-refractivity contribution in [2.24, 2.45) is 5.92 Å². The van der Waals surface area contributed by atoms with E-state index < -0.39 is 0 Å². The fourth-order valence-electron chi connectivity index (χ4n) is 3.39. The average Bonchev–Trinajstić information content (AvgIpc) is 3.20. The molecule has 1 saturated carbocycles. The average molecular weight is 314 g/mol. The minimum absolute atomic E-state index is 0.239. The Bertz CT molecular complexity index is 750. The zero-order chi connectivity index (χ0) is 16.0. The number of amides is 1. The summed E-state index contributed by atoms with van der Waals surface area (Å²) in [6.07, 6.45) is 4.67. The molecule has 4 rings (SSSR count). The lowest BCUT2D eigenvalue weighted by atomic mass is 10.2. The van der Waals surface area contributed by atoms with E-state index in [4.69, 9.17) is 0 Å². The smallest absolute Gasteiger partial charge is 0.225 e. The summed E-state index contributed by atoms with van der Waals surface area (Å²) in [6, 6.07) is 0.239. The van der Waals surface area contributed by atoms with Crippen molar-refractivity contribution in [2.45, 2.75) is 45.7 Å². The number of carbonyl (C=O) groups is 1. The fraction of sp³-hybridized carbons (Fsp3) is 0.625. The molecule has 7 heteroatoms. The van der Waals surface area contributed by atoms with Crippen LogP contribution in [-0.4, -0.2) is 49.5 Å². The Hall–Kier alpha value is -2.18. The van der Waals surface area contributed by atoms with Gasteiger partial charge in [0.05, 0.1) is 0 Å². The molecule has 7 nitrogen and oxygen atoms in total. The van der Waals surface area contributed by atoms with Crippen molar-refractivity contribution in [1.82, 2.24) is 24.4 Å². The van der Waals surface area contributed by atoms with Crippen LogP contribution >= 0.6 is 0 Å². The van der Waals surface area contributed by atoms with E-state index in [1.165, 1.54) is 0 Å². The van der Waals surface area contributed by atoms with E-state index in [0.717, 1.165) is 61.7 Å². The van der Waals surface area contributed by atoms with E-state index in [1.54, 1.807) is 6.33 Å². The van der Waals surface area contributed by atoms with Gasteiger partial charge in [-0.2, -0.15) is 0 Å². The van der Waals surface area contributed by atoms with E-state index in [0.29, 0.717) is 11.8 Å². The largest absolute Gasteiger partial charge is 0.364 e. The topological polar surface area (TPSA) is 75.9 Å². The molecule has 2 aliphatic rings. The van der Waals surface area contributed by atoms with E-state index >= 15 is 0 Å². The van der Waals surface area contributed by atoms with Crippen molar-refractivity contribution in [2.75, 3.05) is 18.4 Å². The third kappa shape index (κ3) is 2.54. The lowest BCUT2D eigenvalue weighted by Crippen LogP contribution is -2.32. The lowest BCUT2D eigenvalue weighted by Gasteiger charge is -2.17. The van der Waals surface area contributed by atoms with Gasteiger partial charge in [0.15, 0.2) is 17.0 Å². The molecular formula is C16H22N6O. The highest BCUT2D eigenvalue weighted by molar-refractivity contribution is 5.84. The van der Waals surface area contributed by atoms with Gasteiger partial charge in [0.25, 0.3) is 0 Å². The van der Waals surface area contributed by atoms with Crippen LogP contribution in [0.3, 0.4) is 0 Å². The van der Waals surface area contributed by atoms with Crippen LogP contribution in [0.25, 0.3) is 11.2 Å². The zero-order valence-corrected chi connectivity index (χ0v) is 13.6. The van der Waals surface area contributed by atoms with Crippen LogP contribution in [0.15, 0.2) is 6.33 Å². The molecule has 0 bridgehead atoms. The Morgan fingerprint density at radius 3 is 2.91 bits per heavy atom. The number of likely N-dealkylation sites (tertiary alicyclic amines) is 1. The van der Waals surface area contributed by atoms with Gasteiger partial charge < -0.3 is 14.8 Å². The number of aromatic nitrogens is 4. The Balaban J connectivity index is 1.53. The highest BCUT2D eigenvalue weighted by Crippen LogP contribution is 2.32. The number of rotatable bonds is 4. The predicted molar refractivity (Wildman–Crippen MR) is 87.1 cm³/mol. The SMILES string of the molecule is CCn1c(C)nc2c(NC3CCN(C(=O)C4CC4)C3)ncnc21. The lowest BCUT2D eigenvalue weighted by molar-refractivity contribution is -0.131. The van der Waals surface area contributed by atoms with Gasteiger partial charge in [-0.25, -0.2) is 15.0 Å². The molecule has 1 aliphatic heterocycles. The molecule has 2 aromatic heterocycles. The molecule has 2 fully saturated rings. The van der Waals surface area contributed by atoms with E-state index in [1.807, 2.05) is 11.8 Å². The first-order valence-electron chi connectivity index (χ1n) is 8.40. The molecule has 1 N–H and O–H groups in total. The number of imidazole rings is 1. The molecule has 0 radical (unpaired) electrons. The fourth-order valence-corrected chi connectivity index (χ4v) is 3.39. The summed E-state index contributed by atoms with van der Waals surface area (Å²) >= 11 is 0. The first kappa shape index (κ1) is 14.4. The van der Waals surface area contributed by atoms with E-state index in [2.05, 4.69) is 31.8 Å². The summed E-state index contributed by atoms with van der Waals surface area (Å²) in [7, 11) is 0. The van der Waals surface area contributed by atoms with Gasteiger partial charge in [-0.3, -0.25) is 4.79 Å². The molecule has 1 unspecified atom stereocenters. The number of nitrogens with zero attached hydrogens (tertiary/aromatic N) is 5. The van der Waals surface area contributed by atoms with Crippen LogP contribution < -0.4 is 5.32 Å². The van der Waals surface area contributed by atoms with Crippen LogP contribution in [0.5, 0.6) is 0 Å². The number of aryl methyl sites for hydroxylation is 2. The minimum atomic E-state index is 0.239. The number of anilines is 1. The standard InChI is InChI=1S/C16H22N6O/c1-3-22-10(2)19-13-14(17-9-18-15(13)22)20-12-6-7-21(8-12)16(23)11-4-5-11/h9,11-12H,3-8H2,1-2H3,(H,17,18,20). The quantitative estimate of drug-likeness (QED) is 0.927. The summed E-state index contributed by atoms with van der Waals surface area (Å²) < 4.78 is 2.08. The summed E-state index contributed by atoms with van der Waals surface area (Å²) in [6.45, 7) is 6.51. The van der Waals surface area contributed by atoms with Gasteiger partial charge in [-0.1, -0.05) is 0 Å². The Labute approximate surface area is 135 Å². The molecule has 2 aromatic rings. The molecular weight excluding hydrogens is 292 g/mol. The van der Waals surface area contributed by atoms with E-state index in [9.17, 15) is 4.79 Å². The van der Waals surface area contributed by atoms with Crippen molar-refractivity contribution in [3.8, 4) is 0 Å². The van der Waals surface area contributed by atoms with Crippen molar-refractivity contribution in [1.29, 1.82) is 0 Å². The first-order chi connectivity index (χ1) is 11.2. The van der Waals surface area contributed by atoms with Crippen molar-refractivity contribution in [3.05, 3.63) is 12.2 Å². The van der Waals surface area contributed by atoms with Crippen LogP contribution in [0.2, 0.25) is 0 Å². The number of carbonyl (C=O) groups excluding carboxylic acids is 1. The maximum Gasteiger partial charge on any atom is 0.225 e. The van der Waals surface area contributed by atoms with Crippen LogP contribution in [0.1, 0.15) is 32.0 Å². The Morgan fingerprint density at radius 2 is 2.17 bits per heavy atom. The highest BCUT2D eigenvalue weighted by atomic mass is 16.2. The Kier molecular flexibility index (Phi) is 3.43. The van der Waals surface area contributed by atoms with Crippen LogP contribution in [0, 0.1) is 12.8 Å². The molecule has 1 atom stereocenters. The van der Waals surface area contributed by atoms with Crippen LogP contribution in [0.4, 0.5) is 5.82 Å². The first-order valence-corrected chi connectivity index (χ1v) is 8.40. The highest BCUT2D eigenvalue weighted by Gasteiger charge is 2.36. The van der Waals surface area contributed by atoms with Crippen LogP contribution in [-0.2, 0) is 11.3 Å². The molecule has 3 heterocycles. The van der Waals surface area contributed by atoms with Gasteiger partial charge >= 0.3 is 0 Å². The maximum absolute atomic E-state index is 12.2. The molecule has 23 heavy (non-hydrogen) atoms. The second-order valence-electron chi connectivity index (χ2n) is 6.49. The number of fused-ring (bicyclic) bond motifs is 1. The summed E-state index contributed by atoms with van der Waals surface area (Å²) in [5.41, 5.74) is 1.69. The summed E-state index contributed by atoms with van der Waals surface area (Å²) in [5, 5.41) is 3.47. The second kappa shape index (κ2) is 5.47. The van der Waals surface area contributed by atoms with E-state index in [-0.39, 0.29) is 6.04 Å². The molecule has 0 spiro atoms. The summed E-state index contributed by atoms with van der Waals surface area (Å²) in [4.78, 5) is 27.5.